The van der Waals surface area contributed by atoms with Crippen molar-refractivity contribution in [3.05, 3.63) is 11.9 Å². The Labute approximate surface area is 127 Å². The van der Waals surface area contributed by atoms with Crippen LogP contribution in [0.3, 0.4) is 0 Å². The maximum atomic E-state index is 13.1. The summed E-state index contributed by atoms with van der Waals surface area (Å²) in [5.41, 5.74) is -0.191. The SMILES string of the molecule is CC1CCN(C(=O)C(C)(C)Cc2cn[nH]n2)CC1C(F)(F)F. The zero-order valence-electron chi connectivity index (χ0n) is 12.9. The standard InChI is InChI=1S/C14H21F3N4O/c1-9-4-5-21(8-11(9)14(15,16)17)12(22)13(2,3)6-10-7-18-20-19-10/h7,9,11H,4-6,8H2,1-3H3,(H,18,19,20). The van der Waals surface area contributed by atoms with Crippen LogP contribution in [0.4, 0.5) is 13.2 Å². The monoisotopic (exact) mass is 318 g/mol. The fraction of sp³-hybridized carbons (Fsp3) is 0.786. The van der Waals surface area contributed by atoms with Crippen molar-refractivity contribution in [1.29, 1.82) is 0 Å². The molecule has 1 amide bonds. The number of alkyl halides is 3. The van der Waals surface area contributed by atoms with Crippen LogP contribution in [-0.2, 0) is 11.2 Å². The number of hydrogen-bond acceptors (Lipinski definition) is 3. The van der Waals surface area contributed by atoms with Crippen LogP contribution < -0.4 is 0 Å². The number of halogens is 3. The van der Waals surface area contributed by atoms with Crippen molar-refractivity contribution in [3.8, 4) is 0 Å². The Kier molecular flexibility index (Phi) is 4.49. The van der Waals surface area contributed by atoms with Gasteiger partial charge in [0.15, 0.2) is 0 Å². The van der Waals surface area contributed by atoms with Gasteiger partial charge in [0.05, 0.1) is 17.8 Å². The number of H-pyrrole nitrogens is 1. The number of likely N-dealkylation sites (tertiary alicyclic amines) is 1. The molecule has 2 heterocycles. The lowest BCUT2D eigenvalue weighted by Gasteiger charge is -2.41. The Hall–Kier alpha value is -1.60. The molecule has 124 valence electrons. The number of aromatic amines is 1. The number of hydrogen-bond donors (Lipinski definition) is 1. The van der Waals surface area contributed by atoms with Gasteiger partial charge in [-0.15, -0.1) is 0 Å². The highest BCUT2D eigenvalue weighted by Gasteiger charge is 2.47. The van der Waals surface area contributed by atoms with E-state index in [1.165, 1.54) is 11.1 Å². The third kappa shape index (κ3) is 3.59. The van der Waals surface area contributed by atoms with E-state index in [4.69, 9.17) is 0 Å². The Morgan fingerprint density at radius 2 is 2.14 bits per heavy atom. The number of carbonyl (C=O) groups excluding carboxylic acids is 1. The predicted molar refractivity (Wildman–Crippen MR) is 73.8 cm³/mol. The van der Waals surface area contributed by atoms with Gasteiger partial charge in [-0.25, -0.2) is 0 Å². The summed E-state index contributed by atoms with van der Waals surface area (Å²) in [4.78, 5) is 14.0. The summed E-state index contributed by atoms with van der Waals surface area (Å²) < 4.78 is 39.2. The number of nitrogens with one attached hydrogen (secondary N) is 1. The fourth-order valence-electron chi connectivity index (χ4n) is 2.95. The first-order chi connectivity index (χ1) is 10.1. The van der Waals surface area contributed by atoms with E-state index in [9.17, 15) is 18.0 Å². The van der Waals surface area contributed by atoms with Gasteiger partial charge in [-0.3, -0.25) is 4.79 Å². The molecule has 5 nitrogen and oxygen atoms in total. The quantitative estimate of drug-likeness (QED) is 0.931. The second-order valence-electron chi connectivity index (χ2n) is 6.69. The van der Waals surface area contributed by atoms with Gasteiger partial charge in [0.2, 0.25) is 5.91 Å². The molecule has 0 radical (unpaired) electrons. The molecule has 1 aromatic rings. The van der Waals surface area contributed by atoms with Crippen molar-refractivity contribution in [2.75, 3.05) is 13.1 Å². The van der Waals surface area contributed by atoms with Gasteiger partial charge < -0.3 is 4.90 Å². The molecule has 0 spiro atoms. The molecular formula is C14H21F3N4O. The molecule has 1 N–H and O–H groups in total. The first kappa shape index (κ1) is 16.8. The Balaban J connectivity index is 2.08. The predicted octanol–water partition coefficient (Wildman–Crippen LogP) is 2.42. The van der Waals surface area contributed by atoms with Crippen LogP contribution in [0.5, 0.6) is 0 Å². The van der Waals surface area contributed by atoms with Gasteiger partial charge in [-0.05, 0) is 12.3 Å². The van der Waals surface area contributed by atoms with E-state index in [-0.39, 0.29) is 12.5 Å². The molecule has 2 unspecified atom stereocenters. The molecule has 0 saturated carbocycles. The highest BCUT2D eigenvalue weighted by Crippen LogP contribution is 2.38. The van der Waals surface area contributed by atoms with Crippen LogP contribution in [-0.4, -0.2) is 45.5 Å². The highest BCUT2D eigenvalue weighted by atomic mass is 19.4. The Bertz CT molecular complexity index is 513. The normalized spacial score (nSPS) is 23.6. The summed E-state index contributed by atoms with van der Waals surface area (Å²) in [5.74, 6) is -2.17. The number of amides is 1. The largest absolute Gasteiger partial charge is 0.393 e. The molecule has 1 saturated heterocycles. The first-order valence-electron chi connectivity index (χ1n) is 7.32. The number of carbonyl (C=O) groups is 1. The smallest absolute Gasteiger partial charge is 0.342 e. The summed E-state index contributed by atoms with van der Waals surface area (Å²) in [5, 5.41) is 10.1. The summed E-state index contributed by atoms with van der Waals surface area (Å²) in [6.45, 7) is 5.16. The minimum atomic E-state index is -4.27. The summed E-state index contributed by atoms with van der Waals surface area (Å²) in [6.07, 6.45) is -2.04. The third-order valence-electron chi connectivity index (χ3n) is 4.33. The molecule has 1 fully saturated rings. The summed E-state index contributed by atoms with van der Waals surface area (Å²) in [6, 6.07) is 0. The van der Waals surface area contributed by atoms with Gasteiger partial charge in [0, 0.05) is 24.9 Å². The van der Waals surface area contributed by atoms with E-state index >= 15 is 0 Å². The van der Waals surface area contributed by atoms with Gasteiger partial charge in [0.1, 0.15) is 0 Å². The third-order valence-corrected chi connectivity index (χ3v) is 4.33. The number of piperidine rings is 1. The molecule has 0 aliphatic carbocycles. The van der Waals surface area contributed by atoms with Crippen LogP contribution in [0, 0.1) is 17.3 Å². The minimum Gasteiger partial charge on any atom is -0.342 e. The summed E-state index contributed by atoms with van der Waals surface area (Å²) in [7, 11) is 0. The van der Waals surface area contributed by atoms with Crippen LogP contribution in [0.25, 0.3) is 0 Å². The zero-order chi connectivity index (χ0) is 16.5. The Morgan fingerprint density at radius 3 is 2.68 bits per heavy atom. The molecule has 0 aromatic carbocycles. The minimum absolute atomic E-state index is 0.258. The maximum Gasteiger partial charge on any atom is 0.393 e. The zero-order valence-corrected chi connectivity index (χ0v) is 12.9. The molecule has 22 heavy (non-hydrogen) atoms. The maximum absolute atomic E-state index is 13.1. The van der Waals surface area contributed by atoms with Crippen molar-refractivity contribution in [2.24, 2.45) is 17.3 Å². The van der Waals surface area contributed by atoms with Gasteiger partial charge in [0.25, 0.3) is 0 Å². The highest BCUT2D eigenvalue weighted by molar-refractivity contribution is 5.82. The van der Waals surface area contributed by atoms with Crippen LogP contribution in [0.2, 0.25) is 0 Å². The van der Waals surface area contributed by atoms with Crippen LogP contribution in [0.1, 0.15) is 32.9 Å². The van der Waals surface area contributed by atoms with Gasteiger partial charge in [-0.1, -0.05) is 20.8 Å². The lowest BCUT2D eigenvalue weighted by molar-refractivity contribution is -0.201. The van der Waals surface area contributed by atoms with Crippen LogP contribution >= 0.6 is 0 Å². The van der Waals surface area contributed by atoms with Gasteiger partial charge in [-0.2, -0.15) is 28.6 Å². The molecule has 2 rings (SSSR count). The molecule has 1 aliphatic rings. The lowest BCUT2D eigenvalue weighted by Crippen LogP contribution is -2.52. The lowest BCUT2D eigenvalue weighted by atomic mass is 9.82. The summed E-state index contributed by atoms with van der Waals surface area (Å²) >= 11 is 0. The fourth-order valence-corrected chi connectivity index (χ4v) is 2.95. The first-order valence-corrected chi connectivity index (χ1v) is 7.32. The van der Waals surface area contributed by atoms with Crippen molar-refractivity contribution in [3.63, 3.8) is 0 Å². The number of nitrogens with zero attached hydrogens (tertiary/aromatic N) is 3. The van der Waals surface area contributed by atoms with E-state index < -0.39 is 23.4 Å². The molecular weight excluding hydrogens is 297 g/mol. The second kappa shape index (κ2) is 5.89. The molecule has 1 aromatic heterocycles. The Morgan fingerprint density at radius 1 is 1.45 bits per heavy atom. The van der Waals surface area contributed by atoms with Crippen molar-refractivity contribution in [1.82, 2.24) is 20.3 Å². The second-order valence-corrected chi connectivity index (χ2v) is 6.69. The van der Waals surface area contributed by atoms with E-state index in [1.807, 2.05) is 0 Å². The topological polar surface area (TPSA) is 61.9 Å². The molecule has 8 heteroatoms. The van der Waals surface area contributed by atoms with E-state index in [0.29, 0.717) is 25.1 Å². The van der Waals surface area contributed by atoms with E-state index in [0.717, 1.165) is 0 Å². The van der Waals surface area contributed by atoms with Crippen molar-refractivity contribution >= 4 is 5.91 Å². The van der Waals surface area contributed by atoms with E-state index in [1.54, 1.807) is 20.8 Å². The number of rotatable bonds is 3. The van der Waals surface area contributed by atoms with Crippen molar-refractivity contribution < 1.29 is 18.0 Å². The average Bonchev–Trinajstić information content (AvgIpc) is 2.89. The van der Waals surface area contributed by atoms with E-state index in [2.05, 4.69) is 15.4 Å². The van der Waals surface area contributed by atoms with Crippen LogP contribution in [0.15, 0.2) is 6.20 Å². The van der Waals surface area contributed by atoms with Gasteiger partial charge >= 0.3 is 6.18 Å². The number of aromatic nitrogens is 3. The molecule has 1 aliphatic heterocycles. The molecule has 0 bridgehead atoms. The molecule has 2 atom stereocenters. The van der Waals surface area contributed by atoms with Crippen molar-refractivity contribution in [2.45, 2.75) is 39.8 Å². The average molecular weight is 318 g/mol.